The summed E-state index contributed by atoms with van der Waals surface area (Å²) in [6.07, 6.45) is 0. The van der Waals surface area contributed by atoms with Gasteiger partial charge in [0.25, 0.3) is 0 Å². The first-order valence-electron chi connectivity index (χ1n) is 5.17. The van der Waals surface area contributed by atoms with E-state index in [1.165, 1.54) is 6.07 Å². The van der Waals surface area contributed by atoms with Crippen LogP contribution >= 0.6 is 0 Å². The number of rotatable bonds is 3. The molecule has 2 rings (SSSR count). The summed E-state index contributed by atoms with van der Waals surface area (Å²) < 4.78 is 18.6. The van der Waals surface area contributed by atoms with Crippen molar-refractivity contribution in [1.82, 2.24) is 10.6 Å². The monoisotopic (exact) mass is 210 g/mol. The lowest BCUT2D eigenvalue weighted by atomic mass is 10.2. The number of piperazine rings is 1. The van der Waals surface area contributed by atoms with Gasteiger partial charge in [0.15, 0.2) is 11.6 Å². The first-order chi connectivity index (χ1) is 7.36. The number of benzene rings is 1. The van der Waals surface area contributed by atoms with Crippen molar-refractivity contribution in [1.29, 1.82) is 0 Å². The van der Waals surface area contributed by atoms with Gasteiger partial charge < -0.3 is 15.4 Å². The summed E-state index contributed by atoms with van der Waals surface area (Å²) in [7, 11) is 0. The van der Waals surface area contributed by atoms with Gasteiger partial charge >= 0.3 is 0 Å². The number of ether oxygens (including phenoxy) is 1. The second-order valence-corrected chi connectivity index (χ2v) is 3.60. The highest BCUT2D eigenvalue weighted by Gasteiger charge is 2.13. The standard InChI is InChI=1S/C11H15FN2O/c12-10-3-1-2-4-11(10)15-8-9-7-13-5-6-14-9/h1-4,9,13-14H,5-8H2/t9-/m1/s1. The lowest BCUT2D eigenvalue weighted by Gasteiger charge is -2.24. The largest absolute Gasteiger partial charge is 0.489 e. The minimum absolute atomic E-state index is 0.262. The molecule has 0 bridgehead atoms. The van der Waals surface area contributed by atoms with Crippen molar-refractivity contribution in [2.75, 3.05) is 26.2 Å². The third-order valence-electron chi connectivity index (χ3n) is 2.40. The maximum absolute atomic E-state index is 13.2. The molecule has 0 unspecified atom stereocenters. The molecule has 1 aromatic rings. The van der Waals surface area contributed by atoms with E-state index in [1.54, 1.807) is 18.2 Å². The number of hydrogen-bond acceptors (Lipinski definition) is 3. The molecule has 4 heteroatoms. The van der Waals surface area contributed by atoms with Crippen molar-refractivity contribution in [3.63, 3.8) is 0 Å². The molecular formula is C11H15FN2O. The van der Waals surface area contributed by atoms with Crippen LogP contribution < -0.4 is 15.4 Å². The van der Waals surface area contributed by atoms with Crippen LogP contribution in [0.4, 0.5) is 4.39 Å². The van der Waals surface area contributed by atoms with Gasteiger partial charge in [0.05, 0.1) is 6.04 Å². The second kappa shape index (κ2) is 5.09. The van der Waals surface area contributed by atoms with Crippen molar-refractivity contribution in [3.8, 4) is 5.75 Å². The Hall–Kier alpha value is -1.13. The fraction of sp³-hybridized carbons (Fsp3) is 0.455. The normalized spacial score (nSPS) is 21.3. The molecule has 0 aromatic heterocycles. The zero-order valence-corrected chi connectivity index (χ0v) is 8.50. The van der Waals surface area contributed by atoms with Gasteiger partial charge in [0.2, 0.25) is 0 Å². The molecule has 1 fully saturated rings. The summed E-state index contributed by atoms with van der Waals surface area (Å²) in [6, 6.07) is 6.74. The van der Waals surface area contributed by atoms with Crippen LogP contribution in [0, 0.1) is 5.82 Å². The van der Waals surface area contributed by atoms with Crippen LogP contribution in [-0.2, 0) is 0 Å². The topological polar surface area (TPSA) is 33.3 Å². The highest BCUT2D eigenvalue weighted by atomic mass is 19.1. The van der Waals surface area contributed by atoms with Crippen molar-refractivity contribution in [3.05, 3.63) is 30.1 Å². The van der Waals surface area contributed by atoms with E-state index in [0.717, 1.165) is 19.6 Å². The molecule has 1 aromatic carbocycles. The molecule has 0 spiro atoms. The van der Waals surface area contributed by atoms with Crippen LogP contribution in [0.25, 0.3) is 0 Å². The average molecular weight is 210 g/mol. The van der Waals surface area contributed by atoms with E-state index >= 15 is 0 Å². The summed E-state index contributed by atoms with van der Waals surface area (Å²) in [6.45, 7) is 3.28. The molecule has 2 N–H and O–H groups in total. The lowest BCUT2D eigenvalue weighted by Crippen LogP contribution is -2.51. The molecular weight excluding hydrogens is 195 g/mol. The molecule has 1 aliphatic rings. The number of nitrogens with one attached hydrogen (secondary N) is 2. The van der Waals surface area contributed by atoms with Gasteiger partial charge in [0.1, 0.15) is 6.61 Å². The van der Waals surface area contributed by atoms with Gasteiger partial charge in [-0.25, -0.2) is 4.39 Å². The van der Waals surface area contributed by atoms with Crippen LogP contribution in [0.2, 0.25) is 0 Å². The van der Waals surface area contributed by atoms with E-state index in [0.29, 0.717) is 12.4 Å². The van der Waals surface area contributed by atoms with E-state index in [1.807, 2.05) is 0 Å². The Kier molecular flexibility index (Phi) is 3.53. The highest BCUT2D eigenvalue weighted by molar-refractivity contribution is 5.23. The van der Waals surface area contributed by atoms with Crippen molar-refractivity contribution in [2.45, 2.75) is 6.04 Å². The van der Waals surface area contributed by atoms with Gasteiger partial charge in [-0.05, 0) is 12.1 Å². The third kappa shape index (κ3) is 2.91. The predicted molar refractivity (Wildman–Crippen MR) is 56.6 cm³/mol. The maximum atomic E-state index is 13.2. The molecule has 1 atom stereocenters. The summed E-state index contributed by atoms with van der Waals surface area (Å²) >= 11 is 0. The van der Waals surface area contributed by atoms with Gasteiger partial charge in [-0.1, -0.05) is 12.1 Å². The van der Waals surface area contributed by atoms with E-state index < -0.39 is 0 Å². The molecule has 82 valence electrons. The number of para-hydroxylation sites is 1. The van der Waals surface area contributed by atoms with E-state index in [2.05, 4.69) is 10.6 Å². The SMILES string of the molecule is Fc1ccccc1OC[C@H]1CNCCN1. The number of halogens is 1. The average Bonchev–Trinajstić information content (AvgIpc) is 2.29. The lowest BCUT2D eigenvalue weighted by molar-refractivity contribution is 0.238. The fourth-order valence-electron chi connectivity index (χ4n) is 1.58. The molecule has 1 aliphatic heterocycles. The van der Waals surface area contributed by atoms with Crippen molar-refractivity contribution < 1.29 is 9.13 Å². The molecule has 0 amide bonds. The van der Waals surface area contributed by atoms with Gasteiger partial charge in [-0.3, -0.25) is 0 Å². The smallest absolute Gasteiger partial charge is 0.165 e. The van der Waals surface area contributed by atoms with E-state index in [-0.39, 0.29) is 11.9 Å². The minimum atomic E-state index is -0.304. The Bertz CT molecular complexity index is 313. The van der Waals surface area contributed by atoms with Crippen LogP contribution in [0.1, 0.15) is 0 Å². The fourth-order valence-corrected chi connectivity index (χ4v) is 1.58. The first-order valence-corrected chi connectivity index (χ1v) is 5.17. The Balaban J connectivity index is 1.84. The van der Waals surface area contributed by atoms with Gasteiger partial charge in [0, 0.05) is 19.6 Å². The van der Waals surface area contributed by atoms with Crippen molar-refractivity contribution in [2.24, 2.45) is 0 Å². The molecule has 1 heterocycles. The summed E-state index contributed by atoms with van der Waals surface area (Å²) in [5, 5.41) is 6.55. The Morgan fingerprint density at radius 1 is 1.33 bits per heavy atom. The maximum Gasteiger partial charge on any atom is 0.165 e. The second-order valence-electron chi connectivity index (χ2n) is 3.60. The Labute approximate surface area is 88.6 Å². The Morgan fingerprint density at radius 3 is 2.93 bits per heavy atom. The Morgan fingerprint density at radius 2 is 2.20 bits per heavy atom. The van der Waals surface area contributed by atoms with E-state index in [4.69, 9.17) is 4.74 Å². The molecule has 0 radical (unpaired) electrons. The summed E-state index contributed by atoms with van der Waals surface area (Å²) in [5.41, 5.74) is 0. The van der Waals surface area contributed by atoms with Crippen LogP contribution in [0.5, 0.6) is 5.75 Å². The van der Waals surface area contributed by atoms with Crippen LogP contribution in [0.3, 0.4) is 0 Å². The first kappa shape index (κ1) is 10.4. The minimum Gasteiger partial charge on any atom is -0.489 e. The molecule has 1 saturated heterocycles. The quantitative estimate of drug-likeness (QED) is 0.773. The van der Waals surface area contributed by atoms with Gasteiger partial charge in [-0.15, -0.1) is 0 Å². The summed E-state index contributed by atoms with van der Waals surface area (Å²) in [4.78, 5) is 0. The van der Waals surface area contributed by atoms with Gasteiger partial charge in [-0.2, -0.15) is 0 Å². The number of hydrogen-bond donors (Lipinski definition) is 2. The molecule has 15 heavy (non-hydrogen) atoms. The van der Waals surface area contributed by atoms with Crippen LogP contribution in [0.15, 0.2) is 24.3 Å². The molecule has 0 saturated carbocycles. The molecule has 3 nitrogen and oxygen atoms in total. The van der Waals surface area contributed by atoms with Crippen molar-refractivity contribution >= 4 is 0 Å². The zero-order chi connectivity index (χ0) is 10.5. The highest BCUT2D eigenvalue weighted by Crippen LogP contribution is 2.15. The third-order valence-corrected chi connectivity index (χ3v) is 2.40. The predicted octanol–water partition coefficient (Wildman–Crippen LogP) is 0.766. The van der Waals surface area contributed by atoms with Crippen LogP contribution in [-0.4, -0.2) is 32.3 Å². The molecule has 0 aliphatic carbocycles. The summed E-state index contributed by atoms with van der Waals surface area (Å²) in [5.74, 6) is 0.0196. The zero-order valence-electron chi connectivity index (χ0n) is 8.50. The van der Waals surface area contributed by atoms with E-state index in [9.17, 15) is 4.39 Å².